The van der Waals surface area contributed by atoms with Crippen LogP contribution in [0.1, 0.15) is 33.1 Å². The average molecular weight is 459 g/mol. The van der Waals surface area contributed by atoms with Crippen molar-refractivity contribution in [1.29, 1.82) is 0 Å². The van der Waals surface area contributed by atoms with E-state index in [-0.39, 0.29) is 24.4 Å². The van der Waals surface area contributed by atoms with Crippen molar-refractivity contribution in [3.05, 3.63) is 11.8 Å². The van der Waals surface area contributed by atoms with Gasteiger partial charge in [0.15, 0.2) is 0 Å². The molecule has 0 saturated carbocycles. The van der Waals surface area contributed by atoms with Crippen molar-refractivity contribution in [1.82, 2.24) is 10.2 Å². The van der Waals surface area contributed by atoms with Crippen LogP contribution in [0.2, 0.25) is 0 Å². The Morgan fingerprint density at radius 1 is 1.39 bits per heavy atom. The molecule has 0 aromatic carbocycles. The highest BCUT2D eigenvalue weighted by molar-refractivity contribution is 7.99. The van der Waals surface area contributed by atoms with E-state index < -0.39 is 41.3 Å². The van der Waals surface area contributed by atoms with Crippen LogP contribution in [0, 0.1) is 0 Å². The molecule has 0 radical (unpaired) electrons. The minimum absolute atomic E-state index is 0. The number of alkyl halides is 1. The van der Waals surface area contributed by atoms with Crippen LogP contribution < -0.4 is 5.32 Å². The summed E-state index contributed by atoms with van der Waals surface area (Å²) in [6, 6.07) is -1.05. The van der Waals surface area contributed by atoms with Gasteiger partial charge in [-0.1, -0.05) is 18.9 Å². The predicted molar refractivity (Wildman–Crippen MR) is 114 cm³/mol. The van der Waals surface area contributed by atoms with Gasteiger partial charge in [0.25, 0.3) is 0 Å². The third kappa shape index (κ3) is 5.68. The van der Waals surface area contributed by atoms with Gasteiger partial charge in [-0.2, -0.15) is 0 Å². The van der Waals surface area contributed by atoms with Gasteiger partial charge >= 0.3 is 0 Å². The number of rotatable bonds is 7. The first-order valence-electron chi connectivity index (χ1n) is 9.29. The fourth-order valence-electron chi connectivity index (χ4n) is 3.67. The van der Waals surface area contributed by atoms with Gasteiger partial charge < -0.3 is 30.3 Å². The van der Waals surface area contributed by atoms with Crippen LogP contribution in [0.15, 0.2) is 11.8 Å². The number of aliphatic hydroxyl groups is 3. The highest BCUT2D eigenvalue weighted by Crippen LogP contribution is 2.31. The highest BCUT2D eigenvalue weighted by Gasteiger charge is 2.48. The molecule has 1 amide bonds. The molecular weight excluding hydrogens is 427 g/mol. The molecule has 28 heavy (non-hydrogen) atoms. The number of amides is 1. The molecule has 0 unspecified atom stereocenters. The summed E-state index contributed by atoms with van der Waals surface area (Å²) >= 11 is 7.53. The van der Waals surface area contributed by atoms with Crippen molar-refractivity contribution in [2.75, 3.05) is 13.3 Å². The second-order valence-corrected chi connectivity index (χ2v) is 8.94. The zero-order chi connectivity index (χ0) is 20.3. The van der Waals surface area contributed by atoms with Crippen LogP contribution in [0.4, 0.5) is 0 Å². The Morgan fingerprint density at radius 3 is 2.57 bits per heavy atom. The Balaban J connectivity index is 0.00000392. The van der Waals surface area contributed by atoms with Gasteiger partial charge in [-0.3, -0.25) is 4.79 Å². The first kappa shape index (κ1) is 25.8. The Labute approximate surface area is 182 Å². The number of hydrogen-bond acceptors (Lipinski definition) is 7. The summed E-state index contributed by atoms with van der Waals surface area (Å²) in [4.78, 5) is 14.8. The van der Waals surface area contributed by atoms with Crippen molar-refractivity contribution in [2.45, 2.75) is 80.4 Å². The lowest BCUT2D eigenvalue weighted by atomic mass is 9.93. The minimum Gasteiger partial charge on any atom is -0.388 e. The van der Waals surface area contributed by atoms with Crippen molar-refractivity contribution in [2.24, 2.45) is 0 Å². The molecule has 10 heteroatoms. The van der Waals surface area contributed by atoms with E-state index in [2.05, 4.69) is 12.2 Å². The molecule has 1 saturated heterocycles. The molecule has 1 fully saturated rings. The fraction of sp³-hybridized carbons (Fsp3) is 0.833. The highest BCUT2D eigenvalue weighted by atomic mass is 35.5. The zero-order valence-electron chi connectivity index (χ0n) is 16.6. The SMILES string of the molecule is CCCC1=CN(C)[C@H](C(=O)N[C@@H]([C@H]2O[C@H](SC)[C@H](O)[C@@H](O)[C@H]2O)[C@H](C)Cl)C1.Cl. The normalized spacial score (nSPS) is 35.0. The molecule has 7 nitrogen and oxygen atoms in total. The monoisotopic (exact) mass is 458 g/mol. The quantitative estimate of drug-likeness (QED) is 0.423. The van der Waals surface area contributed by atoms with Crippen molar-refractivity contribution in [3.63, 3.8) is 0 Å². The van der Waals surface area contributed by atoms with E-state index in [0.717, 1.165) is 12.8 Å². The van der Waals surface area contributed by atoms with E-state index in [9.17, 15) is 20.1 Å². The number of hydrogen-bond donors (Lipinski definition) is 4. The number of halogens is 2. The minimum atomic E-state index is -1.37. The van der Waals surface area contributed by atoms with E-state index in [1.807, 2.05) is 18.1 Å². The second kappa shape index (κ2) is 11.2. The first-order valence-corrected chi connectivity index (χ1v) is 11.0. The van der Waals surface area contributed by atoms with Crippen LogP contribution in [0.25, 0.3) is 0 Å². The molecule has 2 heterocycles. The van der Waals surface area contributed by atoms with Gasteiger partial charge in [0.2, 0.25) is 5.91 Å². The molecule has 0 aromatic heterocycles. The van der Waals surface area contributed by atoms with Gasteiger partial charge in [0.05, 0.1) is 11.4 Å². The van der Waals surface area contributed by atoms with Gasteiger partial charge in [-0.25, -0.2) is 0 Å². The Bertz CT molecular complexity index is 552. The molecule has 2 rings (SSSR count). The Hall–Kier alpha value is -0.220. The maximum absolute atomic E-state index is 12.9. The van der Waals surface area contributed by atoms with Crippen LogP contribution in [-0.2, 0) is 9.53 Å². The zero-order valence-corrected chi connectivity index (χ0v) is 19.0. The van der Waals surface area contributed by atoms with Crippen molar-refractivity contribution < 1.29 is 24.9 Å². The summed E-state index contributed by atoms with van der Waals surface area (Å²) in [6.07, 6.45) is 1.50. The number of carbonyl (C=O) groups is 1. The lowest BCUT2D eigenvalue weighted by molar-refractivity contribution is -0.205. The number of thioether (sulfide) groups is 1. The third-order valence-electron chi connectivity index (χ3n) is 5.20. The lowest BCUT2D eigenvalue weighted by Crippen LogP contribution is -2.65. The third-order valence-corrected chi connectivity index (χ3v) is 6.33. The van der Waals surface area contributed by atoms with Crippen molar-refractivity contribution in [3.8, 4) is 0 Å². The number of aliphatic hydroxyl groups excluding tert-OH is 3. The van der Waals surface area contributed by atoms with Gasteiger partial charge in [0.1, 0.15) is 35.9 Å². The van der Waals surface area contributed by atoms with E-state index in [4.69, 9.17) is 16.3 Å². The predicted octanol–water partition coefficient (Wildman–Crippen LogP) is 1.08. The lowest BCUT2D eigenvalue weighted by Gasteiger charge is -2.44. The largest absolute Gasteiger partial charge is 0.388 e. The Kier molecular flexibility index (Phi) is 10.4. The van der Waals surface area contributed by atoms with Gasteiger partial charge in [-0.15, -0.1) is 35.8 Å². The first-order chi connectivity index (χ1) is 12.7. The summed E-state index contributed by atoms with van der Waals surface area (Å²) in [5, 5.41) is 32.9. The van der Waals surface area contributed by atoms with Crippen LogP contribution >= 0.6 is 35.8 Å². The van der Waals surface area contributed by atoms with Gasteiger partial charge in [0, 0.05) is 7.05 Å². The van der Waals surface area contributed by atoms with Gasteiger partial charge in [-0.05, 0) is 32.2 Å². The summed E-state index contributed by atoms with van der Waals surface area (Å²) in [7, 11) is 1.86. The van der Waals surface area contributed by atoms with Crippen molar-refractivity contribution >= 4 is 41.7 Å². The standard InChI is InChI=1S/C18H31ClN2O5S.ClH/c1-5-6-10-7-11(21(3)8-10)17(25)20-12(9(2)19)16-14(23)13(22)15(24)18(26-16)27-4;/h8-9,11-16,18,22-24H,5-7H2,1-4H3,(H,20,25);1H/t9-,11-,12+,13-,14+,15+,16+,18+;/m0./s1. The summed E-state index contributed by atoms with van der Waals surface area (Å²) < 4.78 is 5.78. The number of nitrogens with zero attached hydrogens (tertiary/aromatic N) is 1. The summed E-state index contributed by atoms with van der Waals surface area (Å²) in [6.45, 7) is 3.80. The van der Waals surface area contributed by atoms with E-state index in [1.165, 1.54) is 17.3 Å². The molecule has 164 valence electrons. The number of likely N-dealkylation sites (N-methyl/N-ethyl adjacent to an activating group) is 1. The fourth-order valence-corrected chi connectivity index (χ4v) is 4.56. The molecule has 2 aliphatic rings. The van der Waals surface area contributed by atoms with E-state index >= 15 is 0 Å². The molecule has 0 aromatic rings. The molecular formula is C18H32Cl2N2O5S. The topological polar surface area (TPSA) is 102 Å². The molecule has 2 aliphatic heterocycles. The maximum atomic E-state index is 12.9. The molecule has 8 atom stereocenters. The summed E-state index contributed by atoms with van der Waals surface area (Å²) in [5.74, 6) is -0.200. The Morgan fingerprint density at radius 2 is 2.04 bits per heavy atom. The second-order valence-electron chi connectivity index (χ2n) is 7.31. The number of ether oxygens (including phenoxy) is 1. The number of nitrogens with one attached hydrogen (secondary N) is 1. The van der Waals surface area contributed by atoms with Crippen LogP contribution in [0.3, 0.4) is 0 Å². The molecule has 4 N–H and O–H groups in total. The number of carbonyl (C=O) groups excluding carboxylic acids is 1. The molecule has 0 bridgehead atoms. The maximum Gasteiger partial charge on any atom is 0.243 e. The smallest absolute Gasteiger partial charge is 0.243 e. The average Bonchev–Trinajstić information content (AvgIpc) is 2.99. The van der Waals surface area contributed by atoms with E-state index in [1.54, 1.807) is 13.2 Å². The molecule has 0 aliphatic carbocycles. The van der Waals surface area contributed by atoms with Crippen LogP contribution in [0.5, 0.6) is 0 Å². The van der Waals surface area contributed by atoms with Crippen LogP contribution in [-0.4, -0.2) is 86.7 Å². The molecule has 0 spiro atoms. The summed E-state index contributed by atoms with van der Waals surface area (Å²) in [5.41, 5.74) is 0.515. The van der Waals surface area contributed by atoms with E-state index in [0.29, 0.717) is 6.42 Å².